The first-order valence-electron chi connectivity index (χ1n) is 5.46. The average molecular weight is 234 g/mol. The average Bonchev–Trinajstić information content (AvgIpc) is 2.38. The van der Waals surface area contributed by atoms with Crippen LogP contribution < -0.4 is 0 Å². The molecule has 3 atom stereocenters. The number of ether oxygens (including phenoxy) is 1. The van der Waals surface area contributed by atoms with Crippen LogP contribution in [0.3, 0.4) is 0 Å². The van der Waals surface area contributed by atoms with Crippen LogP contribution >= 0.6 is 0 Å². The minimum absolute atomic E-state index is 0.413. The van der Waals surface area contributed by atoms with Crippen molar-refractivity contribution in [3.63, 3.8) is 0 Å². The summed E-state index contributed by atoms with van der Waals surface area (Å²) in [4.78, 5) is 11.0. The van der Waals surface area contributed by atoms with E-state index in [0.29, 0.717) is 12.0 Å². The molecule has 0 fully saturated rings. The summed E-state index contributed by atoms with van der Waals surface area (Å²) in [5, 5.41) is 19.9. The highest BCUT2D eigenvalue weighted by molar-refractivity contribution is 5.82. The van der Waals surface area contributed by atoms with Gasteiger partial charge in [0.2, 0.25) is 0 Å². The second kappa shape index (κ2) is 5.12. The quantitative estimate of drug-likeness (QED) is 0.764. The van der Waals surface area contributed by atoms with E-state index in [0.717, 1.165) is 0 Å². The topological polar surface area (TPSA) is 66.8 Å². The Morgan fingerprint density at radius 1 is 1.24 bits per heavy atom. The van der Waals surface area contributed by atoms with E-state index in [1.54, 1.807) is 30.3 Å². The van der Waals surface area contributed by atoms with Crippen LogP contribution in [0, 0.1) is 0 Å². The normalized spacial score (nSPS) is 22.9. The molecule has 0 aromatic heterocycles. The molecule has 4 heteroatoms. The van der Waals surface area contributed by atoms with Crippen molar-refractivity contribution in [1.82, 2.24) is 0 Å². The van der Waals surface area contributed by atoms with Crippen molar-refractivity contribution in [3.8, 4) is 0 Å². The van der Waals surface area contributed by atoms with Crippen molar-refractivity contribution in [2.75, 3.05) is 0 Å². The molecule has 2 rings (SSSR count). The maximum absolute atomic E-state index is 11.0. The summed E-state index contributed by atoms with van der Waals surface area (Å²) in [5.41, 5.74) is 0.602. The van der Waals surface area contributed by atoms with Crippen LogP contribution in [0.25, 0.3) is 0 Å². The fourth-order valence-corrected chi connectivity index (χ4v) is 1.79. The molecule has 0 saturated carbocycles. The molecule has 0 aliphatic carbocycles. The molecule has 17 heavy (non-hydrogen) atoms. The number of hydrogen-bond donors (Lipinski definition) is 2. The fourth-order valence-electron chi connectivity index (χ4n) is 1.79. The smallest absolute Gasteiger partial charge is 0.330 e. The van der Waals surface area contributed by atoms with Crippen LogP contribution in [0.5, 0.6) is 0 Å². The second-order valence-electron chi connectivity index (χ2n) is 3.96. The molecule has 0 radical (unpaired) electrons. The molecule has 1 aromatic carbocycles. The Morgan fingerprint density at radius 3 is 2.59 bits per heavy atom. The third kappa shape index (κ3) is 2.72. The highest BCUT2D eigenvalue weighted by atomic mass is 16.6. The molecule has 1 aliphatic heterocycles. The number of rotatable bonds is 3. The third-order valence-corrected chi connectivity index (χ3v) is 2.74. The van der Waals surface area contributed by atoms with E-state index in [9.17, 15) is 15.0 Å². The van der Waals surface area contributed by atoms with Crippen LogP contribution in [0.1, 0.15) is 18.1 Å². The van der Waals surface area contributed by atoms with Gasteiger partial charge in [-0.05, 0) is 5.56 Å². The number of aliphatic hydroxyl groups excluding tert-OH is 2. The van der Waals surface area contributed by atoms with Gasteiger partial charge in [-0.1, -0.05) is 36.4 Å². The summed E-state index contributed by atoms with van der Waals surface area (Å²) < 4.78 is 4.95. The maximum atomic E-state index is 11.0. The maximum Gasteiger partial charge on any atom is 0.330 e. The Balaban J connectivity index is 2.07. The Hall–Kier alpha value is -1.65. The zero-order chi connectivity index (χ0) is 12.3. The van der Waals surface area contributed by atoms with Gasteiger partial charge in [-0.15, -0.1) is 0 Å². The van der Waals surface area contributed by atoms with E-state index in [-0.39, 0.29) is 0 Å². The summed E-state index contributed by atoms with van der Waals surface area (Å²) in [6.45, 7) is 0. The predicted octanol–water partition coefficient (Wildman–Crippen LogP) is 0.953. The monoisotopic (exact) mass is 234 g/mol. The van der Waals surface area contributed by atoms with Gasteiger partial charge in [-0.2, -0.15) is 0 Å². The van der Waals surface area contributed by atoms with Gasteiger partial charge < -0.3 is 14.9 Å². The first kappa shape index (κ1) is 11.8. The second-order valence-corrected chi connectivity index (χ2v) is 3.96. The number of aliphatic hydroxyl groups is 2. The predicted molar refractivity (Wildman–Crippen MR) is 61.0 cm³/mol. The van der Waals surface area contributed by atoms with Gasteiger partial charge >= 0.3 is 5.97 Å². The SMILES string of the molecule is O=C1C=CC[C@@H]([C@H](O)[C@H](O)c2ccccc2)O1. The summed E-state index contributed by atoms with van der Waals surface area (Å²) in [7, 11) is 0. The summed E-state index contributed by atoms with van der Waals surface area (Å²) in [6.07, 6.45) is 0.501. The molecule has 1 aromatic rings. The minimum atomic E-state index is -1.12. The minimum Gasteiger partial charge on any atom is -0.456 e. The lowest BCUT2D eigenvalue weighted by Gasteiger charge is -2.27. The number of cyclic esters (lactones) is 1. The first-order chi connectivity index (χ1) is 8.18. The van der Waals surface area contributed by atoms with Crippen molar-refractivity contribution in [2.24, 2.45) is 0 Å². The summed E-state index contributed by atoms with van der Waals surface area (Å²) >= 11 is 0. The molecule has 0 saturated heterocycles. The Morgan fingerprint density at radius 2 is 1.94 bits per heavy atom. The lowest BCUT2D eigenvalue weighted by atomic mass is 9.98. The Bertz CT molecular complexity index is 413. The lowest BCUT2D eigenvalue weighted by molar-refractivity contribution is -0.155. The molecular weight excluding hydrogens is 220 g/mol. The van der Waals surface area contributed by atoms with E-state index >= 15 is 0 Å². The van der Waals surface area contributed by atoms with E-state index in [4.69, 9.17) is 4.74 Å². The van der Waals surface area contributed by atoms with Crippen LogP contribution in [-0.2, 0) is 9.53 Å². The summed E-state index contributed by atoms with van der Waals surface area (Å²) in [5.74, 6) is -0.486. The summed E-state index contributed by atoms with van der Waals surface area (Å²) in [6, 6.07) is 8.81. The van der Waals surface area contributed by atoms with Crippen LogP contribution in [-0.4, -0.2) is 28.4 Å². The standard InChI is InChI=1S/C13H14O4/c14-11-8-4-7-10(17-11)13(16)12(15)9-5-2-1-3-6-9/h1-6,8,10,12-13,15-16H,7H2/t10-,12+,13-/m0/s1. The lowest BCUT2D eigenvalue weighted by Crippen LogP contribution is -2.36. The number of carbonyl (C=O) groups is 1. The highest BCUT2D eigenvalue weighted by Gasteiger charge is 2.30. The van der Waals surface area contributed by atoms with Crippen molar-refractivity contribution >= 4 is 5.97 Å². The van der Waals surface area contributed by atoms with Crippen molar-refractivity contribution in [2.45, 2.75) is 24.7 Å². The molecule has 1 aliphatic rings. The highest BCUT2D eigenvalue weighted by Crippen LogP contribution is 2.23. The van der Waals surface area contributed by atoms with Crippen molar-refractivity contribution < 1.29 is 19.7 Å². The van der Waals surface area contributed by atoms with E-state index in [2.05, 4.69) is 0 Å². The number of carbonyl (C=O) groups excluding carboxylic acids is 1. The van der Waals surface area contributed by atoms with Gasteiger partial charge in [-0.3, -0.25) is 0 Å². The molecule has 1 heterocycles. The molecule has 90 valence electrons. The van der Waals surface area contributed by atoms with Gasteiger partial charge in [-0.25, -0.2) is 4.79 Å². The molecule has 2 N–H and O–H groups in total. The number of benzene rings is 1. The largest absolute Gasteiger partial charge is 0.456 e. The van der Waals surface area contributed by atoms with Crippen LogP contribution in [0.15, 0.2) is 42.5 Å². The van der Waals surface area contributed by atoms with Gasteiger partial charge in [0.1, 0.15) is 18.3 Å². The van der Waals surface area contributed by atoms with E-state index in [1.165, 1.54) is 6.08 Å². The zero-order valence-corrected chi connectivity index (χ0v) is 9.19. The number of hydrogen-bond acceptors (Lipinski definition) is 4. The van der Waals surface area contributed by atoms with Gasteiger partial charge in [0.05, 0.1) is 0 Å². The molecule has 0 spiro atoms. The first-order valence-corrected chi connectivity index (χ1v) is 5.46. The van der Waals surface area contributed by atoms with E-state index < -0.39 is 24.3 Å². The third-order valence-electron chi connectivity index (χ3n) is 2.74. The molecule has 0 amide bonds. The van der Waals surface area contributed by atoms with Gasteiger partial charge in [0.15, 0.2) is 0 Å². The van der Waals surface area contributed by atoms with Crippen LogP contribution in [0.4, 0.5) is 0 Å². The molecule has 0 bridgehead atoms. The van der Waals surface area contributed by atoms with Gasteiger partial charge in [0.25, 0.3) is 0 Å². The van der Waals surface area contributed by atoms with Crippen LogP contribution in [0.2, 0.25) is 0 Å². The molecule has 0 unspecified atom stereocenters. The van der Waals surface area contributed by atoms with Crippen molar-refractivity contribution in [3.05, 3.63) is 48.0 Å². The van der Waals surface area contributed by atoms with Gasteiger partial charge in [0, 0.05) is 12.5 Å². The Kier molecular flexibility index (Phi) is 3.56. The Labute approximate surface area is 99.2 Å². The molecular formula is C13H14O4. The number of esters is 1. The van der Waals surface area contributed by atoms with E-state index in [1.807, 2.05) is 6.07 Å². The molecule has 4 nitrogen and oxygen atoms in total. The van der Waals surface area contributed by atoms with Crippen molar-refractivity contribution in [1.29, 1.82) is 0 Å². The zero-order valence-electron chi connectivity index (χ0n) is 9.19. The fraction of sp³-hybridized carbons (Fsp3) is 0.308.